The highest BCUT2D eigenvalue weighted by Gasteiger charge is 2.21. The van der Waals surface area contributed by atoms with E-state index in [0.717, 1.165) is 12.8 Å². The van der Waals surface area contributed by atoms with Crippen LogP contribution >= 0.6 is 0 Å². The van der Waals surface area contributed by atoms with Gasteiger partial charge in [0.1, 0.15) is 12.2 Å². The van der Waals surface area contributed by atoms with Crippen molar-refractivity contribution in [1.29, 1.82) is 0 Å². The fourth-order valence-electron chi connectivity index (χ4n) is 1.05. The first-order valence-electron chi connectivity index (χ1n) is 4.53. The van der Waals surface area contributed by atoms with E-state index in [1.807, 2.05) is 13.8 Å². The van der Waals surface area contributed by atoms with Crippen LogP contribution in [0.25, 0.3) is 0 Å². The van der Waals surface area contributed by atoms with Crippen molar-refractivity contribution >= 4 is 5.78 Å². The highest BCUT2D eigenvalue weighted by atomic mass is 16.3. The van der Waals surface area contributed by atoms with Gasteiger partial charge in [-0.1, -0.05) is 26.7 Å². The first-order valence-corrected chi connectivity index (χ1v) is 4.53. The molecule has 0 heterocycles. The fourth-order valence-corrected chi connectivity index (χ4v) is 1.05. The lowest BCUT2D eigenvalue weighted by Crippen LogP contribution is -2.31. The molecule has 3 nitrogen and oxygen atoms in total. The maximum atomic E-state index is 11.1. The molecule has 0 rings (SSSR count). The van der Waals surface area contributed by atoms with Gasteiger partial charge in [-0.05, 0) is 12.8 Å². The zero-order chi connectivity index (χ0) is 9.56. The minimum Gasteiger partial charge on any atom is -0.385 e. The molecule has 0 saturated heterocycles. The van der Waals surface area contributed by atoms with Gasteiger partial charge in [0, 0.05) is 0 Å². The number of aliphatic hydroxyl groups is 2. The van der Waals surface area contributed by atoms with Crippen molar-refractivity contribution in [3.05, 3.63) is 0 Å². The lowest BCUT2D eigenvalue weighted by atomic mass is 10.0. The van der Waals surface area contributed by atoms with Gasteiger partial charge in [0.2, 0.25) is 0 Å². The van der Waals surface area contributed by atoms with E-state index in [9.17, 15) is 15.0 Å². The lowest BCUT2D eigenvalue weighted by Gasteiger charge is -2.12. The Morgan fingerprint density at radius 2 is 1.42 bits per heavy atom. The Morgan fingerprint density at radius 3 is 1.67 bits per heavy atom. The minimum absolute atomic E-state index is 0.432. The van der Waals surface area contributed by atoms with Crippen molar-refractivity contribution in [2.45, 2.75) is 51.7 Å². The number of rotatable bonds is 6. The van der Waals surface area contributed by atoms with Crippen LogP contribution in [0, 0.1) is 0 Å². The van der Waals surface area contributed by atoms with Crippen molar-refractivity contribution in [3.63, 3.8) is 0 Å². The largest absolute Gasteiger partial charge is 0.385 e. The van der Waals surface area contributed by atoms with E-state index in [0.29, 0.717) is 12.8 Å². The summed E-state index contributed by atoms with van der Waals surface area (Å²) >= 11 is 0. The fraction of sp³-hybridized carbons (Fsp3) is 0.889. The van der Waals surface area contributed by atoms with E-state index < -0.39 is 18.0 Å². The number of ketones is 1. The molecule has 2 atom stereocenters. The molecule has 72 valence electrons. The summed E-state index contributed by atoms with van der Waals surface area (Å²) in [5, 5.41) is 18.4. The molecule has 0 spiro atoms. The standard InChI is InChI=1S/C9H18O3/c1-3-5-7(10)9(12)8(11)6-4-2/h7-8,10-11H,3-6H2,1-2H3/t7-,8-/m1/s1. The zero-order valence-corrected chi connectivity index (χ0v) is 7.79. The van der Waals surface area contributed by atoms with E-state index in [1.54, 1.807) is 0 Å². The maximum absolute atomic E-state index is 11.1. The van der Waals surface area contributed by atoms with E-state index in [4.69, 9.17) is 0 Å². The molecule has 12 heavy (non-hydrogen) atoms. The van der Waals surface area contributed by atoms with E-state index in [1.165, 1.54) is 0 Å². The number of hydrogen-bond acceptors (Lipinski definition) is 3. The lowest BCUT2D eigenvalue weighted by molar-refractivity contribution is -0.136. The summed E-state index contributed by atoms with van der Waals surface area (Å²) in [4.78, 5) is 11.1. The van der Waals surface area contributed by atoms with Gasteiger partial charge in [-0.2, -0.15) is 0 Å². The Bertz CT molecular complexity index is 120. The van der Waals surface area contributed by atoms with E-state index >= 15 is 0 Å². The quantitative estimate of drug-likeness (QED) is 0.628. The first-order chi connectivity index (χ1) is 5.63. The van der Waals surface area contributed by atoms with Gasteiger partial charge in [-0.15, -0.1) is 0 Å². The Morgan fingerprint density at radius 1 is 1.08 bits per heavy atom. The summed E-state index contributed by atoms with van der Waals surface area (Å²) < 4.78 is 0. The van der Waals surface area contributed by atoms with Crippen LogP contribution in [0.15, 0.2) is 0 Å². The summed E-state index contributed by atoms with van der Waals surface area (Å²) in [7, 11) is 0. The molecule has 0 unspecified atom stereocenters. The third-order valence-electron chi connectivity index (χ3n) is 1.78. The van der Waals surface area contributed by atoms with E-state index in [2.05, 4.69) is 0 Å². The van der Waals surface area contributed by atoms with Crippen molar-refractivity contribution < 1.29 is 15.0 Å². The average molecular weight is 174 g/mol. The molecule has 0 aliphatic rings. The maximum Gasteiger partial charge on any atom is 0.189 e. The van der Waals surface area contributed by atoms with Crippen LogP contribution in [-0.2, 0) is 4.79 Å². The molecular formula is C9H18O3. The van der Waals surface area contributed by atoms with Gasteiger partial charge in [-0.3, -0.25) is 4.79 Å². The molecule has 0 aliphatic carbocycles. The van der Waals surface area contributed by atoms with Crippen LogP contribution in [0.2, 0.25) is 0 Å². The van der Waals surface area contributed by atoms with Crippen LogP contribution in [0.1, 0.15) is 39.5 Å². The highest BCUT2D eigenvalue weighted by Crippen LogP contribution is 2.05. The summed E-state index contributed by atoms with van der Waals surface area (Å²) in [6.07, 6.45) is 0.449. The molecule has 0 radical (unpaired) electrons. The normalized spacial score (nSPS) is 15.7. The predicted molar refractivity (Wildman–Crippen MR) is 46.8 cm³/mol. The average Bonchev–Trinajstić information content (AvgIpc) is 2.04. The number of hydrogen-bond donors (Lipinski definition) is 2. The third kappa shape index (κ3) is 3.83. The van der Waals surface area contributed by atoms with Crippen LogP contribution in [0.5, 0.6) is 0 Å². The molecule has 0 aliphatic heterocycles. The molecule has 0 aromatic carbocycles. The van der Waals surface area contributed by atoms with Crippen LogP contribution in [0.4, 0.5) is 0 Å². The molecule has 2 N–H and O–H groups in total. The molecule has 0 fully saturated rings. The zero-order valence-electron chi connectivity index (χ0n) is 7.79. The molecule has 0 aromatic rings. The Balaban J connectivity index is 3.82. The van der Waals surface area contributed by atoms with Gasteiger partial charge >= 0.3 is 0 Å². The monoisotopic (exact) mass is 174 g/mol. The second-order valence-electron chi connectivity index (χ2n) is 3.01. The molecule has 0 amide bonds. The van der Waals surface area contributed by atoms with E-state index in [-0.39, 0.29) is 0 Å². The van der Waals surface area contributed by atoms with Crippen LogP contribution in [-0.4, -0.2) is 28.2 Å². The summed E-state index contributed by atoms with van der Waals surface area (Å²) in [5.41, 5.74) is 0. The van der Waals surface area contributed by atoms with Crippen molar-refractivity contribution in [2.75, 3.05) is 0 Å². The second-order valence-corrected chi connectivity index (χ2v) is 3.01. The molecule has 3 heteroatoms. The van der Waals surface area contributed by atoms with Crippen LogP contribution < -0.4 is 0 Å². The predicted octanol–water partition coefficient (Wildman–Crippen LogP) is 0.878. The van der Waals surface area contributed by atoms with Crippen molar-refractivity contribution in [1.82, 2.24) is 0 Å². The second kappa shape index (κ2) is 6.14. The molecule has 0 aromatic heterocycles. The number of aliphatic hydroxyl groups excluding tert-OH is 2. The topological polar surface area (TPSA) is 57.5 Å². The summed E-state index contributed by atoms with van der Waals surface area (Å²) in [5.74, 6) is -0.432. The van der Waals surface area contributed by atoms with Crippen LogP contribution in [0.3, 0.4) is 0 Å². The van der Waals surface area contributed by atoms with Crippen molar-refractivity contribution in [2.24, 2.45) is 0 Å². The third-order valence-corrected chi connectivity index (χ3v) is 1.78. The Labute approximate surface area is 73.4 Å². The SMILES string of the molecule is CCC[C@@H](O)C(=O)[C@H](O)CCC. The highest BCUT2D eigenvalue weighted by molar-refractivity contribution is 5.86. The number of carbonyl (C=O) groups excluding carboxylic acids is 1. The number of carbonyl (C=O) groups is 1. The minimum atomic E-state index is -0.975. The Kier molecular flexibility index (Phi) is 5.93. The summed E-state index contributed by atoms with van der Waals surface area (Å²) in [6, 6.07) is 0. The van der Waals surface area contributed by atoms with Gasteiger partial charge in [0.25, 0.3) is 0 Å². The molecule has 0 bridgehead atoms. The van der Waals surface area contributed by atoms with Gasteiger partial charge in [-0.25, -0.2) is 0 Å². The first kappa shape index (κ1) is 11.6. The smallest absolute Gasteiger partial charge is 0.189 e. The van der Waals surface area contributed by atoms with Gasteiger partial charge in [0.15, 0.2) is 5.78 Å². The van der Waals surface area contributed by atoms with Crippen molar-refractivity contribution in [3.8, 4) is 0 Å². The summed E-state index contributed by atoms with van der Waals surface area (Å²) in [6.45, 7) is 3.78. The molecular weight excluding hydrogens is 156 g/mol. The Hall–Kier alpha value is -0.410. The van der Waals surface area contributed by atoms with Gasteiger partial charge < -0.3 is 10.2 Å². The molecule has 0 saturated carbocycles. The van der Waals surface area contributed by atoms with Gasteiger partial charge in [0.05, 0.1) is 0 Å². The number of Topliss-reactive ketones (excluding diaryl/α,β-unsaturated/α-hetero) is 1.